The van der Waals surface area contributed by atoms with E-state index in [2.05, 4.69) is 22.1 Å². The van der Waals surface area contributed by atoms with Crippen LogP contribution in [0.25, 0.3) is 11.3 Å². The second-order valence-electron chi connectivity index (χ2n) is 4.21. The van der Waals surface area contributed by atoms with E-state index in [0.29, 0.717) is 0 Å². The van der Waals surface area contributed by atoms with E-state index in [1.165, 1.54) is 16.9 Å². The van der Waals surface area contributed by atoms with Crippen LogP contribution in [0.5, 0.6) is 0 Å². The highest BCUT2D eigenvalue weighted by Gasteiger charge is 2.11. The minimum Gasteiger partial charge on any atom is -0.389 e. The molecule has 0 atom stereocenters. The van der Waals surface area contributed by atoms with E-state index in [4.69, 9.17) is 5.73 Å². The highest BCUT2D eigenvalue weighted by Crippen LogP contribution is 2.36. The molecule has 3 aromatic rings. The number of thiazole rings is 1. The van der Waals surface area contributed by atoms with Crippen molar-refractivity contribution in [2.45, 2.75) is 10.1 Å². The van der Waals surface area contributed by atoms with Crippen molar-refractivity contribution in [3.8, 4) is 11.3 Å². The SMILES string of the molecule is Nc1sc(SCc2ccccc2)nc1-c1cccnc1. The van der Waals surface area contributed by atoms with Gasteiger partial charge in [0.1, 0.15) is 10.7 Å². The van der Waals surface area contributed by atoms with Crippen LogP contribution in [-0.2, 0) is 5.75 Å². The summed E-state index contributed by atoms with van der Waals surface area (Å²) in [6.07, 6.45) is 3.54. The monoisotopic (exact) mass is 299 g/mol. The van der Waals surface area contributed by atoms with Gasteiger partial charge < -0.3 is 5.73 Å². The van der Waals surface area contributed by atoms with E-state index in [9.17, 15) is 0 Å². The van der Waals surface area contributed by atoms with Crippen molar-refractivity contribution in [3.63, 3.8) is 0 Å². The Morgan fingerprint density at radius 1 is 1.10 bits per heavy atom. The number of aromatic nitrogens is 2. The number of pyridine rings is 1. The van der Waals surface area contributed by atoms with E-state index >= 15 is 0 Å². The van der Waals surface area contributed by atoms with Gasteiger partial charge in [0.05, 0.1) is 0 Å². The largest absolute Gasteiger partial charge is 0.389 e. The molecule has 0 aliphatic rings. The molecule has 100 valence electrons. The Bertz CT molecular complexity index is 681. The van der Waals surface area contributed by atoms with Crippen molar-refractivity contribution < 1.29 is 0 Å². The Hall–Kier alpha value is -1.85. The molecule has 0 radical (unpaired) electrons. The van der Waals surface area contributed by atoms with E-state index in [1.54, 1.807) is 24.2 Å². The molecule has 0 saturated carbocycles. The van der Waals surface area contributed by atoms with Gasteiger partial charge in [0.15, 0.2) is 4.34 Å². The average Bonchev–Trinajstić information content (AvgIpc) is 2.88. The molecule has 2 N–H and O–H groups in total. The number of hydrogen-bond donors (Lipinski definition) is 1. The van der Waals surface area contributed by atoms with Crippen LogP contribution in [0.3, 0.4) is 0 Å². The third kappa shape index (κ3) is 3.00. The van der Waals surface area contributed by atoms with Gasteiger partial charge in [0.2, 0.25) is 0 Å². The van der Waals surface area contributed by atoms with Gasteiger partial charge in [-0.2, -0.15) is 0 Å². The highest BCUT2D eigenvalue weighted by molar-refractivity contribution is 8.00. The fourth-order valence-electron chi connectivity index (χ4n) is 1.80. The quantitative estimate of drug-likeness (QED) is 0.738. The first kappa shape index (κ1) is 13.1. The van der Waals surface area contributed by atoms with Crippen molar-refractivity contribution in [1.29, 1.82) is 0 Å². The Balaban J connectivity index is 1.76. The number of hydrogen-bond acceptors (Lipinski definition) is 5. The lowest BCUT2D eigenvalue weighted by molar-refractivity contribution is 1.23. The molecule has 0 aliphatic heterocycles. The number of thioether (sulfide) groups is 1. The number of nitrogen functional groups attached to an aromatic ring is 1. The second kappa shape index (κ2) is 6.07. The Labute approximate surface area is 125 Å². The first-order valence-corrected chi connectivity index (χ1v) is 7.96. The van der Waals surface area contributed by atoms with Gasteiger partial charge in [0.25, 0.3) is 0 Å². The minimum atomic E-state index is 0.744. The van der Waals surface area contributed by atoms with E-state index in [0.717, 1.165) is 26.4 Å². The van der Waals surface area contributed by atoms with Crippen LogP contribution in [0, 0.1) is 0 Å². The fourth-order valence-corrected chi connectivity index (χ4v) is 3.71. The van der Waals surface area contributed by atoms with Crippen LogP contribution in [0.4, 0.5) is 5.00 Å². The van der Waals surface area contributed by atoms with Gasteiger partial charge in [-0.3, -0.25) is 4.98 Å². The number of nitrogens with two attached hydrogens (primary N) is 1. The Morgan fingerprint density at radius 3 is 2.70 bits per heavy atom. The third-order valence-electron chi connectivity index (χ3n) is 2.77. The van der Waals surface area contributed by atoms with Crippen LogP contribution in [0.2, 0.25) is 0 Å². The zero-order valence-electron chi connectivity index (χ0n) is 10.7. The fraction of sp³-hybridized carbons (Fsp3) is 0.0667. The number of anilines is 1. The van der Waals surface area contributed by atoms with E-state index in [-0.39, 0.29) is 0 Å². The van der Waals surface area contributed by atoms with Gasteiger partial charge in [-0.05, 0) is 17.7 Å². The lowest BCUT2D eigenvalue weighted by atomic mass is 10.2. The van der Waals surface area contributed by atoms with Crippen molar-refractivity contribution in [1.82, 2.24) is 9.97 Å². The minimum absolute atomic E-state index is 0.744. The molecule has 3 rings (SSSR count). The number of rotatable bonds is 4. The molecular formula is C15H13N3S2. The first-order chi connectivity index (χ1) is 9.83. The van der Waals surface area contributed by atoms with Gasteiger partial charge in [-0.1, -0.05) is 53.4 Å². The van der Waals surface area contributed by atoms with Crippen LogP contribution in [-0.4, -0.2) is 9.97 Å². The van der Waals surface area contributed by atoms with Gasteiger partial charge >= 0.3 is 0 Å². The van der Waals surface area contributed by atoms with E-state index < -0.39 is 0 Å². The molecule has 0 aliphatic carbocycles. The zero-order chi connectivity index (χ0) is 13.8. The molecule has 0 amide bonds. The molecule has 2 aromatic heterocycles. The van der Waals surface area contributed by atoms with Crippen LogP contribution in [0.15, 0.2) is 59.2 Å². The maximum Gasteiger partial charge on any atom is 0.152 e. The van der Waals surface area contributed by atoms with Gasteiger partial charge in [0, 0.05) is 23.7 Å². The molecule has 0 fully saturated rings. The number of nitrogens with zero attached hydrogens (tertiary/aromatic N) is 2. The molecule has 0 saturated heterocycles. The summed E-state index contributed by atoms with van der Waals surface area (Å²) in [6, 6.07) is 14.2. The normalized spacial score (nSPS) is 10.6. The second-order valence-corrected chi connectivity index (χ2v) is 6.46. The summed E-state index contributed by atoms with van der Waals surface area (Å²) in [5, 5.41) is 0.744. The van der Waals surface area contributed by atoms with Crippen molar-refractivity contribution >= 4 is 28.1 Å². The first-order valence-electron chi connectivity index (χ1n) is 6.16. The average molecular weight is 299 g/mol. The molecule has 1 aromatic carbocycles. The molecule has 3 nitrogen and oxygen atoms in total. The molecule has 2 heterocycles. The maximum atomic E-state index is 6.06. The summed E-state index contributed by atoms with van der Waals surface area (Å²) < 4.78 is 0.991. The van der Waals surface area contributed by atoms with Gasteiger partial charge in [-0.15, -0.1) is 0 Å². The molecular weight excluding hydrogens is 286 g/mol. The van der Waals surface area contributed by atoms with Crippen molar-refractivity contribution in [3.05, 3.63) is 60.4 Å². The summed E-state index contributed by atoms with van der Waals surface area (Å²) in [4.78, 5) is 8.72. The van der Waals surface area contributed by atoms with Crippen molar-refractivity contribution in [2.75, 3.05) is 5.73 Å². The van der Waals surface area contributed by atoms with Crippen LogP contribution in [0.1, 0.15) is 5.56 Å². The lowest BCUT2D eigenvalue weighted by Gasteiger charge is -1.98. The summed E-state index contributed by atoms with van der Waals surface area (Å²) in [6.45, 7) is 0. The summed E-state index contributed by atoms with van der Waals surface area (Å²) in [5.74, 6) is 0.903. The molecule has 20 heavy (non-hydrogen) atoms. The molecule has 0 unspecified atom stereocenters. The maximum absolute atomic E-state index is 6.06. The lowest BCUT2D eigenvalue weighted by Crippen LogP contribution is -1.86. The highest BCUT2D eigenvalue weighted by atomic mass is 32.2. The predicted molar refractivity (Wildman–Crippen MR) is 85.8 cm³/mol. The zero-order valence-corrected chi connectivity index (χ0v) is 12.3. The molecule has 0 spiro atoms. The van der Waals surface area contributed by atoms with Crippen LogP contribution < -0.4 is 5.73 Å². The third-order valence-corrected chi connectivity index (χ3v) is 4.87. The summed E-state index contributed by atoms with van der Waals surface area (Å²) in [5.41, 5.74) is 9.14. The van der Waals surface area contributed by atoms with Crippen molar-refractivity contribution in [2.24, 2.45) is 0 Å². The van der Waals surface area contributed by atoms with Crippen LogP contribution >= 0.6 is 23.1 Å². The predicted octanol–water partition coefficient (Wildman–Crippen LogP) is 4.08. The molecule has 5 heteroatoms. The standard InChI is InChI=1S/C15H13N3S2/c16-14-13(12-7-4-8-17-9-12)18-15(20-14)19-10-11-5-2-1-3-6-11/h1-9H,10,16H2. The van der Waals surface area contributed by atoms with E-state index in [1.807, 2.05) is 30.3 Å². The molecule has 0 bridgehead atoms. The summed E-state index contributed by atoms with van der Waals surface area (Å²) in [7, 11) is 0. The number of benzene rings is 1. The Morgan fingerprint density at radius 2 is 1.95 bits per heavy atom. The topological polar surface area (TPSA) is 51.8 Å². The smallest absolute Gasteiger partial charge is 0.152 e. The Kier molecular flexibility index (Phi) is 3.99. The summed E-state index contributed by atoms with van der Waals surface area (Å²) >= 11 is 3.24. The van der Waals surface area contributed by atoms with Gasteiger partial charge in [-0.25, -0.2) is 4.98 Å².